The number of aromatic nitrogens is 2. The van der Waals surface area contributed by atoms with Gasteiger partial charge in [0, 0.05) is 18.8 Å². The molecule has 2 rings (SSSR count). The Kier molecular flexibility index (Phi) is 5.86. The number of alkyl halides is 3. The largest absolute Gasteiger partial charge is 0.573 e. The van der Waals surface area contributed by atoms with E-state index in [9.17, 15) is 13.2 Å². The fourth-order valence-electron chi connectivity index (χ4n) is 2.01. The predicted octanol–water partition coefficient (Wildman–Crippen LogP) is 3.15. The minimum absolute atomic E-state index is 0.0196. The minimum Gasteiger partial charge on any atom is -0.406 e. The van der Waals surface area contributed by atoms with Crippen molar-refractivity contribution in [2.75, 3.05) is 30.1 Å². The van der Waals surface area contributed by atoms with Gasteiger partial charge >= 0.3 is 6.36 Å². The average Bonchev–Trinajstić information content (AvgIpc) is 2.52. The molecule has 25 heavy (non-hydrogen) atoms. The number of nitrogens with one attached hydrogen (secondary N) is 2. The molecule has 1 unspecified atom stereocenters. The third-order valence-corrected chi connectivity index (χ3v) is 3.03. The van der Waals surface area contributed by atoms with Crippen LogP contribution in [0.3, 0.4) is 0 Å². The van der Waals surface area contributed by atoms with Crippen molar-refractivity contribution in [2.24, 2.45) is 0 Å². The third kappa shape index (κ3) is 5.68. The van der Waals surface area contributed by atoms with Gasteiger partial charge in [0.15, 0.2) is 11.6 Å². The molecule has 1 aromatic heterocycles. The highest BCUT2D eigenvalue weighted by Crippen LogP contribution is 2.28. The fraction of sp³-hybridized carbons (Fsp3) is 0.333. The van der Waals surface area contributed by atoms with Crippen molar-refractivity contribution >= 4 is 23.0 Å². The first-order chi connectivity index (χ1) is 11.8. The van der Waals surface area contributed by atoms with Crippen molar-refractivity contribution in [3.63, 3.8) is 0 Å². The maximum Gasteiger partial charge on any atom is 0.573 e. The van der Waals surface area contributed by atoms with Crippen LogP contribution in [0, 0.1) is 0 Å². The van der Waals surface area contributed by atoms with Gasteiger partial charge in [-0.1, -0.05) is 0 Å². The van der Waals surface area contributed by atoms with Crippen molar-refractivity contribution in [1.29, 1.82) is 0 Å². The molecule has 0 amide bonds. The molecule has 7 nitrogen and oxygen atoms in total. The molecule has 0 aliphatic heterocycles. The van der Waals surface area contributed by atoms with Gasteiger partial charge in [0.05, 0.1) is 6.61 Å². The van der Waals surface area contributed by atoms with E-state index in [1.165, 1.54) is 30.6 Å². The van der Waals surface area contributed by atoms with Crippen molar-refractivity contribution in [1.82, 2.24) is 9.97 Å². The Morgan fingerprint density at radius 2 is 1.80 bits per heavy atom. The predicted molar refractivity (Wildman–Crippen MR) is 87.8 cm³/mol. The molecule has 10 heteroatoms. The highest BCUT2D eigenvalue weighted by Gasteiger charge is 2.30. The van der Waals surface area contributed by atoms with Gasteiger partial charge in [0.2, 0.25) is 0 Å². The molecule has 0 aliphatic carbocycles. The van der Waals surface area contributed by atoms with Crippen LogP contribution < -0.4 is 21.1 Å². The van der Waals surface area contributed by atoms with Gasteiger partial charge in [-0.05, 0) is 31.2 Å². The molecule has 4 N–H and O–H groups in total. The number of nitrogen functional groups attached to an aromatic ring is 1. The molecule has 136 valence electrons. The van der Waals surface area contributed by atoms with E-state index in [1.54, 1.807) is 7.11 Å². The van der Waals surface area contributed by atoms with E-state index < -0.39 is 6.36 Å². The topological polar surface area (TPSA) is 94.3 Å². The van der Waals surface area contributed by atoms with Gasteiger partial charge in [-0.15, -0.1) is 13.2 Å². The van der Waals surface area contributed by atoms with Crippen LogP contribution in [0.4, 0.5) is 36.2 Å². The standard InChI is InChI=1S/C15H18F3N5O2/c1-9(7-24-2)22-13-12(19)14(21-8-20-13)23-10-3-5-11(6-4-10)25-15(16,17)18/h3-6,8-9H,7,19H2,1-2H3,(H2,20,21,22,23). The molecule has 0 aliphatic rings. The lowest BCUT2D eigenvalue weighted by atomic mass is 10.3. The zero-order valence-corrected chi connectivity index (χ0v) is 13.6. The third-order valence-electron chi connectivity index (χ3n) is 3.03. The SMILES string of the molecule is COCC(C)Nc1ncnc(Nc2ccc(OC(F)(F)F)cc2)c1N. The highest BCUT2D eigenvalue weighted by atomic mass is 19.4. The Balaban J connectivity index is 2.09. The van der Waals surface area contributed by atoms with Crippen LogP contribution in [0.15, 0.2) is 30.6 Å². The number of hydrogen-bond donors (Lipinski definition) is 3. The summed E-state index contributed by atoms with van der Waals surface area (Å²) in [7, 11) is 1.58. The van der Waals surface area contributed by atoms with Crippen molar-refractivity contribution < 1.29 is 22.6 Å². The second-order valence-electron chi connectivity index (χ2n) is 5.18. The van der Waals surface area contributed by atoms with Crippen molar-refractivity contribution in [3.8, 4) is 5.75 Å². The first-order valence-corrected chi connectivity index (χ1v) is 7.27. The maximum absolute atomic E-state index is 12.2. The van der Waals surface area contributed by atoms with Gasteiger partial charge in [-0.25, -0.2) is 9.97 Å². The number of halogens is 3. The Labute approximate surface area is 142 Å². The lowest BCUT2D eigenvalue weighted by molar-refractivity contribution is -0.274. The molecule has 0 saturated heterocycles. The molecule has 0 radical (unpaired) electrons. The Morgan fingerprint density at radius 1 is 1.16 bits per heavy atom. The molecule has 0 fully saturated rings. The van der Waals surface area contributed by atoms with Crippen LogP contribution in [0.5, 0.6) is 5.75 Å². The van der Waals surface area contributed by atoms with E-state index in [1.807, 2.05) is 6.92 Å². The van der Waals surface area contributed by atoms with Gasteiger partial charge in [-0.2, -0.15) is 0 Å². The van der Waals surface area contributed by atoms with E-state index in [0.717, 1.165) is 0 Å². The number of nitrogens with zero attached hydrogens (tertiary/aromatic N) is 2. The molecule has 0 saturated carbocycles. The number of nitrogens with two attached hydrogens (primary N) is 1. The number of methoxy groups -OCH3 is 1. The lowest BCUT2D eigenvalue weighted by Crippen LogP contribution is -2.22. The van der Waals surface area contributed by atoms with Crippen LogP contribution in [-0.4, -0.2) is 36.1 Å². The van der Waals surface area contributed by atoms with Crippen LogP contribution in [-0.2, 0) is 4.74 Å². The van der Waals surface area contributed by atoms with E-state index in [4.69, 9.17) is 10.5 Å². The van der Waals surface area contributed by atoms with Gasteiger partial charge in [0.1, 0.15) is 17.8 Å². The van der Waals surface area contributed by atoms with Gasteiger partial charge in [0.25, 0.3) is 0 Å². The van der Waals surface area contributed by atoms with Crippen LogP contribution in [0.25, 0.3) is 0 Å². The van der Waals surface area contributed by atoms with Crippen molar-refractivity contribution in [2.45, 2.75) is 19.3 Å². The Hall–Kier alpha value is -2.75. The van der Waals surface area contributed by atoms with Crippen LogP contribution in [0.2, 0.25) is 0 Å². The summed E-state index contributed by atoms with van der Waals surface area (Å²) in [6, 6.07) is 5.20. The van der Waals surface area contributed by atoms with E-state index in [2.05, 4.69) is 25.3 Å². The zero-order chi connectivity index (χ0) is 18.4. The number of ether oxygens (including phenoxy) is 2. The zero-order valence-electron chi connectivity index (χ0n) is 13.6. The van der Waals surface area contributed by atoms with E-state index >= 15 is 0 Å². The molecular formula is C15H18F3N5O2. The van der Waals surface area contributed by atoms with Crippen LogP contribution in [0.1, 0.15) is 6.92 Å². The monoisotopic (exact) mass is 357 g/mol. The van der Waals surface area contributed by atoms with Gasteiger partial charge < -0.3 is 25.8 Å². The molecular weight excluding hydrogens is 339 g/mol. The van der Waals surface area contributed by atoms with Gasteiger partial charge in [-0.3, -0.25) is 0 Å². The quantitative estimate of drug-likeness (QED) is 0.701. The first-order valence-electron chi connectivity index (χ1n) is 7.27. The number of rotatable bonds is 7. The molecule has 0 bridgehead atoms. The summed E-state index contributed by atoms with van der Waals surface area (Å²) >= 11 is 0. The van der Waals surface area contributed by atoms with Crippen molar-refractivity contribution in [3.05, 3.63) is 30.6 Å². The summed E-state index contributed by atoms with van der Waals surface area (Å²) in [6.07, 6.45) is -3.41. The molecule has 1 aromatic carbocycles. The normalized spacial score (nSPS) is 12.5. The maximum atomic E-state index is 12.2. The lowest BCUT2D eigenvalue weighted by Gasteiger charge is -2.16. The smallest absolute Gasteiger partial charge is 0.406 e. The number of benzene rings is 1. The summed E-state index contributed by atoms with van der Waals surface area (Å²) in [5.74, 6) is 0.440. The second kappa shape index (κ2) is 7.88. The summed E-state index contributed by atoms with van der Waals surface area (Å²) < 4.78 is 45.3. The highest BCUT2D eigenvalue weighted by molar-refractivity contribution is 5.77. The average molecular weight is 357 g/mol. The second-order valence-corrected chi connectivity index (χ2v) is 5.18. The fourth-order valence-corrected chi connectivity index (χ4v) is 2.01. The first kappa shape index (κ1) is 18.6. The molecule has 1 heterocycles. The Morgan fingerprint density at radius 3 is 2.40 bits per heavy atom. The molecule has 1 atom stereocenters. The Bertz CT molecular complexity index is 695. The van der Waals surface area contributed by atoms with Crippen LogP contribution >= 0.6 is 0 Å². The number of anilines is 4. The summed E-state index contributed by atoms with van der Waals surface area (Å²) in [4.78, 5) is 8.11. The summed E-state index contributed by atoms with van der Waals surface area (Å²) in [5, 5.41) is 6.01. The minimum atomic E-state index is -4.73. The van der Waals surface area contributed by atoms with E-state index in [-0.39, 0.29) is 17.5 Å². The summed E-state index contributed by atoms with van der Waals surface area (Å²) in [6.45, 7) is 2.37. The molecule has 0 spiro atoms. The number of hydrogen-bond acceptors (Lipinski definition) is 7. The van der Waals surface area contributed by atoms with E-state index in [0.29, 0.717) is 23.9 Å². The molecule has 2 aromatic rings. The summed E-state index contributed by atoms with van der Waals surface area (Å²) in [5.41, 5.74) is 6.80.